The number of nitrogens with one attached hydrogen (secondary N) is 1. The first-order chi connectivity index (χ1) is 6.77. The second-order valence-electron chi connectivity index (χ2n) is 3.05. The molecule has 0 saturated heterocycles. The summed E-state index contributed by atoms with van der Waals surface area (Å²) in [6, 6.07) is -0.364. The van der Waals surface area contributed by atoms with E-state index in [0.717, 1.165) is 0 Å². The monoisotopic (exact) mass is 271 g/mol. The number of hydrogen-bond donors (Lipinski definition) is 1. The van der Waals surface area contributed by atoms with E-state index in [1.165, 1.54) is 13.0 Å². The lowest BCUT2D eigenvalue weighted by Crippen LogP contribution is -2.40. The number of ketones is 1. The Morgan fingerprint density at radius 1 is 1.47 bits per heavy atom. The van der Waals surface area contributed by atoms with Gasteiger partial charge in [0.15, 0.2) is 0 Å². The van der Waals surface area contributed by atoms with Gasteiger partial charge in [-0.2, -0.15) is 0 Å². The van der Waals surface area contributed by atoms with Crippen LogP contribution in [0, 0.1) is 0 Å². The van der Waals surface area contributed by atoms with E-state index in [4.69, 9.17) is 34.8 Å². The molecule has 1 amide bonds. The zero-order chi connectivity index (χ0) is 12.1. The Balaban J connectivity index is 4.16. The van der Waals surface area contributed by atoms with Gasteiger partial charge in [0, 0.05) is 12.5 Å². The summed E-state index contributed by atoms with van der Waals surface area (Å²) in [4.78, 5) is 22.0. The van der Waals surface area contributed by atoms with Gasteiger partial charge in [-0.05, 0) is 13.3 Å². The van der Waals surface area contributed by atoms with Crippen molar-refractivity contribution in [2.24, 2.45) is 0 Å². The molecule has 6 heteroatoms. The molecule has 0 aromatic heterocycles. The highest BCUT2D eigenvalue weighted by Gasteiger charge is 2.31. The summed E-state index contributed by atoms with van der Waals surface area (Å²) in [5.41, 5.74) is 0. The smallest absolute Gasteiger partial charge is 0.272 e. The number of alkyl halides is 3. The third kappa shape index (κ3) is 6.77. The van der Waals surface area contributed by atoms with Gasteiger partial charge in [-0.1, -0.05) is 40.9 Å². The van der Waals surface area contributed by atoms with Crippen molar-refractivity contribution in [3.05, 3.63) is 12.7 Å². The number of Topliss-reactive ketones (excluding diaryl/α,β-unsaturated/α-hetero) is 1. The first kappa shape index (κ1) is 14.8. The molecule has 1 atom stereocenters. The van der Waals surface area contributed by atoms with E-state index >= 15 is 0 Å². The van der Waals surface area contributed by atoms with Crippen LogP contribution in [0.25, 0.3) is 0 Å². The third-order valence-corrected chi connectivity index (χ3v) is 2.18. The fourth-order valence-electron chi connectivity index (χ4n) is 0.858. The van der Waals surface area contributed by atoms with Crippen LogP contribution in [0.1, 0.15) is 19.8 Å². The molecule has 0 spiro atoms. The molecule has 0 radical (unpaired) electrons. The molecule has 0 bridgehead atoms. The molecule has 0 aliphatic rings. The van der Waals surface area contributed by atoms with E-state index in [2.05, 4.69) is 11.9 Å². The molecular formula is C9H12Cl3NO2. The maximum Gasteiger partial charge on any atom is 0.272 e. The first-order valence-electron chi connectivity index (χ1n) is 4.27. The van der Waals surface area contributed by atoms with Crippen molar-refractivity contribution in [1.29, 1.82) is 0 Å². The van der Waals surface area contributed by atoms with Crippen LogP contribution in [-0.2, 0) is 9.59 Å². The number of rotatable bonds is 5. The van der Waals surface area contributed by atoms with Crippen LogP contribution in [0.15, 0.2) is 12.7 Å². The minimum atomic E-state index is -1.99. The van der Waals surface area contributed by atoms with E-state index < -0.39 is 9.70 Å². The number of hydrogen-bond acceptors (Lipinski definition) is 2. The van der Waals surface area contributed by atoms with E-state index in [0.29, 0.717) is 12.8 Å². The van der Waals surface area contributed by atoms with Crippen molar-refractivity contribution in [1.82, 2.24) is 5.32 Å². The molecule has 0 saturated carbocycles. The molecule has 15 heavy (non-hydrogen) atoms. The summed E-state index contributed by atoms with van der Waals surface area (Å²) in [5, 5.41) is 2.46. The van der Waals surface area contributed by atoms with Gasteiger partial charge in [0.05, 0.1) is 0 Å². The third-order valence-electron chi connectivity index (χ3n) is 1.67. The molecule has 0 aliphatic heterocycles. The summed E-state index contributed by atoms with van der Waals surface area (Å²) < 4.78 is -1.99. The summed E-state index contributed by atoms with van der Waals surface area (Å²) in [5.74, 6) is -0.689. The predicted octanol–water partition coefficient (Wildman–Crippen LogP) is 2.40. The van der Waals surface area contributed by atoms with E-state index in [1.807, 2.05) is 0 Å². The molecule has 0 heterocycles. The minimum Gasteiger partial charge on any atom is -0.346 e. The first-order valence-corrected chi connectivity index (χ1v) is 5.40. The van der Waals surface area contributed by atoms with E-state index in [-0.39, 0.29) is 11.8 Å². The molecule has 0 aliphatic carbocycles. The minimum absolute atomic E-state index is 0.0324. The number of carbonyl (C=O) groups excluding carboxylic acids is 2. The number of carbonyl (C=O) groups is 2. The van der Waals surface area contributed by atoms with Crippen LogP contribution >= 0.6 is 34.8 Å². The standard InChI is InChI=1S/C9H12Cl3NO2/c1-3-7(5-4-6(2)14)13-8(15)9(10,11)12/h3,7H,1,4-5H2,2H3,(H,13,15)/t7-/m1/s1. The van der Waals surface area contributed by atoms with Crippen LogP contribution in [0.3, 0.4) is 0 Å². The lowest BCUT2D eigenvalue weighted by Gasteiger charge is -2.17. The van der Waals surface area contributed by atoms with Crippen molar-refractivity contribution >= 4 is 46.5 Å². The van der Waals surface area contributed by atoms with Crippen LogP contribution < -0.4 is 5.32 Å². The van der Waals surface area contributed by atoms with Crippen LogP contribution in [0.4, 0.5) is 0 Å². The molecule has 86 valence electrons. The van der Waals surface area contributed by atoms with Crippen LogP contribution in [0.2, 0.25) is 0 Å². The zero-order valence-corrected chi connectivity index (χ0v) is 10.5. The van der Waals surface area contributed by atoms with Crippen molar-refractivity contribution in [3.8, 4) is 0 Å². The predicted molar refractivity (Wildman–Crippen MR) is 62.3 cm³/mol. The fraction of sp³-hybridized carbons (Fsp3) is 0.556. The van der Waals surface area contributed by atoms with E-state index in [9.17, 15) is 9.59 Å². The number of amides is 1. The molecule has 0 fully saturated rings. The Hall–Kier alpha value is -0.250. The fourth-order valence-corrected chi connectivity index (χ4v) is 1.02. The molecule has 0 aromatic rings. The Labute approximate surface area is 104 Å². The zero-order valence-electron chi connectivity index (χ0n) is 8.23. The second kappa shape index (κ2) is 6.36. The van der Waals surface area contributed by atoms with Gasteiger partial charge < -0.3 is 10.1 Å². The number of halogens is 3. The van der Waals surface area contributed by atoms with Crippen molar-refractivity contribution in [2.45, 2.75) is 29.6 Å². The Bertz CT molecular complexity index is 261. The molecular weight excluding hydrogens is 260 g/mol. The summed E-state index contributed by atoms with van der Waals surface area (Å²) >= 11 is 16.1. The Morgan fingerprint density at radius 3 is 2.33 bits per heavy atom. The van der Waals surface area contributed by atoms with Gasteiger partial charge in [0.1, 0.15) is 5.78 Å². The highest BCUT2D eigenvalue weighted by molar-refractivity contribution is 6.76. The molecule has 3 nitrogen and oxygen atoms in total. The molecule has 1 N–H and O–H groups in total. The normalized spacial score (nSPS) is 13.1. The lowest BCUT2D eigenvalue weighted by molar-refractivity contribution is -0.121. The second-order valence-corrected chi connectivity index (χ2v) is 5.34. The van der Waals surface area contributed by atoms with Gasteiger partial charge in [0.2, 0.25) is 0 Å². The molecule has 0 unspecified atom stereocenters. The maximum absolute atomic E-state index is 11.2. The highest BCUT2D eigenvalue weighted by Crippen LogP contribution is 2.26. The van der Waals surface area contributed by atoms with Gasteiger partial charge >= 0.3 is 0 Å². The maximum atomic E-state index is 11.2. The largest absolute Gasteiger partial charge is 0.346 e. The summed E-state index contributed by atoms with van der Waals surface area (Å²) in [6.45, 7) is 4.99. The van der Waals surface area contributed by atoms with Crippen molar-refractivity contribution < 1.29 is 9.59 Å². The van der Waals surface area contributed by atoms with Crippen molar-refractivity contribution in [3.63, 3.8) is 0 Å². The summed E-state index contributed by atoms with van der Waals surface area (Å²) in [6.07, 6.45) is 2.29. The van der Waals surface area contributed by atoms with E-state index in [1.54, 1.807) is 0 Å². The van der Waals surface area contributed by atoms with Gasteiger partial charge in [-0.25, -0.2) is 0 Å². The van der Waals surface area contributed by atoms with Gasteiger partial charge in [-0.15, -0.1) is 6.58 Å². The summed E-state index contributed by atoms with van der Waals surface area (Å²) in [7, 11) is 0. The van der Waals surface area contributed by atoms with Crippen LogP contribution in [0.5, 0.6) is 0 Å². The van der Waals surface area contributed by atoms with Crippen LogP contribution in [-0.4, -0.2) is 21.5 Å². The SMILES string of the molecule is C=C[C@H](CCC(C)=O)NC(=O)C(Cl)(Cl)Cl. The molecule has 0 aromatic carbocycles. The van der Waals surface area contributed by atoms with Gasteiger partial charge in [-0.3, -0.25) is 4.79 Å². The average molecular weight is 273 g/mol. The Kier molecular flexibility index (Phi) is 6.25. The van der Waals surface area contributed by atoms with Gasteiger partial charge in [0.25, 0.3) is 9.70 Å². The topological polar surface area (TPSA) is 46.2 Å². The Morgan fingerprint density at radius 2 is 2.00 bits per heavy atom. The average Bonchev–Trinajstić information content (AvgIpc) is 2.09. The molecule has 0 rings (SSSR count). The lowest BCUT2D eigenvalue weighted by atomic mass is 10.1. The van der Waals surface area contributed by atoms with Crippen molar-refractivity contribution in [2.75, 3.05) is 0 Å². The quantitative estimate of drug-likeness (QED) is 0.617. The highest BCUT2D eigenvalue weighted by atomic mass is 35.6.